The first-order chi connectivity index (χ1) is 6.56. The summed E-state index contributed by atoms with van der Waals surface area (Å²) in [6.07, 6.45) is 0.0290. The van der Waals surface area contributed by atoms with Crippen LogP contribution in [0.4, 0.5) is 0 Å². The summed E-state index contributed by atoms with van der Waals surface area (Å²) >= 11 is 0. The van der Waals surface area contributed by atoms with E-state index in [9.17, 15) is 4.79 Å². The topological polar surface area (TPSA) is 65.4 Å². The predicted molar refractivity (Wildman–Crippen MR) is 55.5 cm³/mol. The van der Waals surface area contributed by atoms with Gasteiger partial charge >= 0.3 is 5.97 Å². The van der Waals surface area contributed by atoms with Gasteiger partial charge < -0.3 is 15.0 Å². The number of esters is 1. The zero-order valence-corrected chi connectivity index (χ0v) is 9.09. The van der Waals surface area contributed by atoms with Crippen molar-refractivity contribution in [2.24, 2.45) is 0 Å². The lowest BCUT2D eigenvalue weighted by Gasteiger charge is -2.11. The monoisotopic (exact) mass is 201 g/mol. The van der Waals surface area contributed by atoms with E-state index in [1.54, 1.807) is 6.92 Å². The van der Waals surface area contributed by atoms with Crippen molar-refractivity contribution in [3.8, 4) is 0 Å². The van der Waals surface area contributed by atoms with E-state index in [0.717, 1.165) is 6.54 Å². The molecule has 0 bridgehead atoms. The fraction of sp³-hybridized carbons (Fsp3) is 0.778. The van der Waals surface area contributed by atoms with Crippen LogP contribution in [0.1, 0.15) is 13.3 Å². The van der Waals surface area contributed by atoms with Gasteiger partial charge in [0.1, 0.15) is 12.3 Å². The van der Waals surface area contributed by atoms with Gasteiger partial charge in [0, 0.05) is 13.1 Å². The Labute approximate surface area is 84.9 Å². The van der Waals surface area contributed by atoms with Crippen molar-refractivity contribution < 1.29 is 9.53 Å². The summed E-state index contributed by atoms with van der Waals surface area (Å²) in [5.41, 5.74) is 0. The van der Waals surface area contributed by atoms with Gasteiger partial charge in [-0.25, -0.2) is 0 Å². The Bertz CT molecular complexity index is 192. The molecule has 0 rings (SSSR count). The van der Waals surface area contributed by atoms with Gasteiger partial charge in [-0.2, -0.15) is 0 Å². The summed E-state index contributed by atoms with van der Waals surface area (Å²) in [7, 11) is 3.91. The summed E-state index contributed by atoms with van der Waals surface area (Å²) < 4.78 is 4.71. The highest BCUT2D eigenvalue weighted by Gasteiger charge is 2.05. The fourth-order valence-electron chi connectivity index (χ4n) is 0.849. The summed E-state index contributed by atoms with van der Waals surface area (Å²) in [4.78, 5) is 12.9. The number of carbonyl (C=O) groups excluding carboxylic acids is 1. The van der Waals surface area contributed by atoms with Crippen molar-refractivity contribution in [3.05, 3.63) is 0 Å². The number of likely N-dealkylation sites (N-methyl/N-ethyl adjacent to an activating group) is 1. The van der Waals surface area contributed by atoms with Gasteiger partial charge in [-0.05, 0) is 21.0 Å². The predicted octanol–water partition coefficient (Wildman–Crippen LogP) is 0.0681. The van der Waals surface area contributed by atoms with Crippen molar-refractivity contribution >= 4 is 11.8 Å². The smallest absolute Gasteiger partial charge is 0.313 e. The molecule has 0 aliphatic carbocycles. The molecule has 0 amide bonds. The summed E-state index contributed by atoms with van der Waals surface area (Å²) in [5, 5.41) is 10.3. The van der Waals surface area contributed by atoms with Crippen molar-refractivity contribution in [2.45, 2.75) is 13.3 Å². The molecule has 2 N–H and O–H groups in total. The molecule has 0 atom stereocenters. The second kappa shape index (κ2) is 7.32. The van der Waals surface area contributed by atoms with Crippen LogP contribution in [0.5, 0.6) is 0 Å². The van der Waals surface area contributed by atoms with Gasteiger partial charge in [0.15, 0.2) is 0 Å². The molecule has 0 fully saturated rings. The Balaban J connectivity index is 3.50. The van der Waals surface area contributed by atoms with Crippen LogP contribution >= 0.6 is 0 Å². The molecule has 14 heavy (non-hydrogen) atoms. The third kappa shape index (κ3) is 7.54. The minimum absolute atomic E-state index is 0.0290. The number of amidine groups is 1. The van der Waals surface area contributed by atoms with Gasteiger partial charge in [0.2, 0.25) is 0 Å². The summed E-state index contributed by atoms with van der Waals surface area (Å²) in [6, 6.07) is 0. The maximum absolute atomic E-state index is 10.9. The second-order valence-corrected chi connectivity index (χ2v) is 3.19. The maximum atomic E-state index is 10.9. The Morgan fingerprint density at radius 1 is 1.50 bits per heavy atom. The Hall–Kier alpha value is -1.10. The molecule has 0 aliphatic rings. The molecule has 0 aromatic heterocycles. The zero-order chi connectivity index (χ0) is 11.0. The highest BCUT2D eigenvalue weighted by Crippen LogP contribution is 1.86. The zero-order valence-electron chi connectivity index (χ0n) is 9.09. The molecule has 0 saturated heterocycles. The van der Waals surface area contributed by atoms with Crippen LogP contribution in [-0.2, 0) is 9.53 Å². The molecule has 0 heterocycles. The first-order valence-electron chi connectivity index (χ1n) is 4.68. The molecule has 0 saturated carbocycles. The number of carbonyl (C=O) groups is 1. The molecule has 0 aromatic carbocycles. The Kier molecular flexibility index (Phi) is 6.74. The van der Waals surface area contributed by atoms with E-state index in [1.807, 2.05) is 19.0 Å². The molecular formula is C9H19N3O2. The van der Waals surface area contributed by atoms with Crippen LogP contribution in [0.25, 0.3) is 0 Å². The van der Waals surface area contributed by atoms with E-state index in [0.29, 0.717) is 13.2 Å². The number of hydrogen-bond acceptors (Lipinski definition) is 4. The van der Waals surface area contributed by atoms with Crippen LogP contribution in [0.2, 0.25) is 0 Å². The van der Waals surface area contributed by atoms with E-state index in [1.165, 1.54) is 0 Å². The van der Waals surface area contributed by atoms with Crippen LogP contribution in [-0.4, -0.2) is 50.5 Å². The van der Waals surface area contributed by atoms with Crippen molar-refractivity contribution in [3.63, 3.8) is 0 Å². The molecule has 82 valence electrons. The van der Waals surface area contributed by atoms with Crippen LogP contribution < -0.4 is 5.32 Å². The van der Waals surface area contributed by atoms with Crippen LogP contribution in [0.15, 0.2) is 0 Å². The van der Waals surface area contributed by atoms with Gasteiger partial charge in [-0.15, -0.1) is 0 Å². The normalized spacial score (nSPS) is 10.0. The van der Waals surface area contributed by atoms with Crippen molar-refractivity contribution in [1.82, 2.24) is 10.2 Å². The molecule has 0 unspecified atom stereocenters. The highest BCUT2D eigenvalue weighted by atomic mass is 16.5. The summed E-state index contributed by atoms with van der Waals surface area (Å²) in [5.74, 6) is -0.139. The SMILES string of the molecule is CCOC(=O)CC(=N)NCCN(C)C. The quantitative estimate of drug-likeness (QED) is 0.362. The number of nitrogens with zero attached hydrogens (tertiary/aromatic N) is 1. The highest BCUT2D eigenvalue weighted by molar-refractivity contribution is 5.95. The number of nitrogens with one attached hydrogen (secondary N) is 2. The maximum Gasteiger partial charge on any atom is 0.313 e. The number of ether oxygens (including phenoxy) is 1. The van der Waals surface area contributed by atoms with Crippen molar-refractivity contribution in [1.29, 1.82) is 5.41 Å². The molecule has 0 aliphatic heterocycles. The van der Waals surface area contributed by atoms with Gasteiger partial charge in [0.05, 0.1) is 6.61 Å². The average molecular weight is 201 g/mol. The van der Waals surface area contributed by atoms with Gasteiger partial charge in [0.25, 0.3) is 0 Å². The van der Waals surface area contributed by atoms with Crippen LogP contribution in [0.3, 0.4) is 0 Å². The second-order valence-electron chi connectivity index (χ2n) is 3.19. The van der Waals surface area contributed by atoms with E-state index < -0.39 is 0 Å². The van der Waals surface area contributed by atoms with E-state index in [4.69, 9.17) is 10.1 Å². The fourth-order valence-corrected chi connectivity index (χ4v) is 0.849. The number of rotatable bonds is 6. The first-order valence-corrected chi connectivity index (χ1v) is 4.68. The Morgan fingerprint density at radius 2 is 2.14 bits per heavy atom. The van der Waals surface area contributed by atoms with E-state index >= 15 is 0 Å². The minimum Gasteiger partial charge on any atom is -0.466 e. The lowest BCUT2D eigenvalue weighted by atomic mass is 10.4. The molecule has 5 heteroatoms. The third-order valence-corrected chi connectivity index (χ3v) is 1.52. The molecule has 0 spiro atoms. The van der Waals surface area contributed by atoms with E-state index in [-0.39, 0.29) is 18.2 Å². The molecule has 0 radical (unpaired) electrons. The van der Waals surface area contributed by atoms with Crippen LogP contribution in [0, 0.1) is 5.41 Å². The lowest BCUT2D eigenvalue weighted by molar-refractivity contribution is -0.141. The molecule has 0 aromatic rings. The molecule has 5 nitrogen and oxygen atoms in total. The van der Waals surface area contributed by atoms with Crippen molar-refractivity contribution in [2.75, 3.05) is 33.8 Å². The largest absolute Gasteiger partial charge is 0.466 e. The molecular weight excluding hydrogens is 182 g/mol. The lowest BCUT2D eigenvalue weighted by Crippen LogP contribution is -2.32. The Morgan fingerprint density at radius 3 is 2.64 bits per heavy atom. The first kappa shape index (κ1) is 12.9. The van der Waals surface area contributed by atoms with Gasteiger partial charge in [-0.3, -0.25) is 10.2 Å². The minimum atomic E-state index is -0.352. The third-order valence-electron chi connectivity index (χ3n) is 1.52. The standard InChI is InChI=1S/C9H19N3O2/c1-4-14-9(13)7-8(10)11-5-6-12(2)3/h4-7H2,1-3H3,(H2,10,11). The summed E-state index contributed by atoms with van der Waals surface area (Å²) in [6.45, 7) is 3.63. The number of hydrogen-bond donors (Lipinski definition) is 2. The van der Waals surface area contributed by atoms with Gasteiger partial charge in [-0.1, -0.05) is 0 Å². The van der Waals surface area contributed by atoms with E-state index in [2.05, 4.69) is 5.32 Å². The average Bonchev–Trinajstić information content (AvgIpc) is 2.03.